The first-order valence-electron chi connectivity index (χ1n) is 9.11. The van der Waals surface area contributed by atoms with E-state index in [2.05, 4.69) is 5.32 Å². The molecule has 3 aromatic rings. The van der Waals surface area contributed by atoms with E-state index in [0.29, 0.717) is 30.7 Å². The van der Waals surface area contributed by atoms with Gasteiger partial charge in [0.05, 0.1) is 5.39 Å². The second-order valence-electron chi connectivity index (χ2n) is 6.52. The molecule has 2 aromatic heterocycles. The molecule has 7 heteroatoms. The zero-order chi connectivity index (χ0) is 19.6. The van der Waals surface area contributed by atoms with Gasteiger partial charge in [0.25, 0.3) is 5.56 Å². The number of benzene rings is 1. The van der Waals surface area contributed by atoms with E-state index in [1.54, 1.807) is 23.8 Å². The number of nitrogens with zero attached hydrogens (tertiary/aromatic N) is 3. The highest BCUT2D eigenvalue weighted by Gasteiger charge is 2.16. The monoisotopic (exact) mass is 368 g/mol. The average Bonchev–Trinajstić information content (AvgIpc) is 3.06. The van der Waals surface area contributed by atoms with Crippen molar-refractivity contribution in [3.05, 3.63) is 68.5 Å². The van der Waals surface area contributed by atoms with E-state index >= 15 is 0 Å². The number of nitrogens with one attached hydrogen (secondary N) is 1. The second kappa shape index (κ2) is 7.65. The Morgan fingerprint density at radius 3 is 2.30 bits per heavy atom. The van der Waals surface area contributed by atoms with Crippen LogP contribution in [0.2, 0.25) is 0 Å². The average molecular weight is 368 g/mol. The minimum atomic E-state index is -0.350. The smallest absolute Gasteiger partial charge is 0.332 e. The van der Waals surface area contributed by atoms with E-state index in [4.69, 9.17) is 0 Å². The molecule has 3 rings (SSSR count). The molecule has 0 spiro atoms. The molecule has 0 unspecified atom stereocenters. The van der Waals surface area contributed by atoms with Crippen molar-refractivity contribution in [3.8, 4) is 0 Å². The summed E-state index contributed by atoms with van der Waals surface area (Å²) < 4.78 is 4.41. The third kappa shape index (κ3) is 3.58. The summed E-state index contributed by atoms with van der Waals surface area (Å²) in [5.74, 6) is -0.178. The van der Waals surface area contributed by atoms with Crippen LogP contribution in [0.15, 0.2) is 46.1 Å². The van der Waals surface area contributed by atoms with Crippen LogP contribution in [0, 0.1) is 6.92 Å². The Morgan fingerprint density at radius 1 is 1.00 bits per heavy atom. The SMILES string of the molecule is CCn1c(=O)c2ccn(CC(=O)NCc3ccc(C)cc3)c2n(CC)c1=O. The molecule has 0 fully saturated rings. The van der Waals surface area contributed by atoms with Crippen molar-refractivity contribution in [3.63, 3.8) is 0 Å². The zero-order valence-corrected chi connectivity index (χ0v) is 15.9. The first kappa shape index (κ1) is 18.7. The lowest BCUT2D eigenvalue weighted by Crippen LogP contribution is -2.40. The van der Waals surface area contributed by atoms with Gasteiger partial charge in [0.1, 0.15) is 12.2 Å². The number of rotatable bonds is 6. The Labute approximate surface area is 156 Å². The van der Waals surface area contributed by atoms with Crippen LogP contribution < -0.4 is 16.6 Å². The van der Waals surface area contributed by atoms with Crippen LogP contribution in [0.4, 0.5) is 0 Å². The van der Waals surface area contributed by atoms with Crippen molar-refractivity contribution < 1.29 is 4.79 Å². The van der Waals surface area contributed by atoms with Gasteiger partial charge in [-0.2, -0.15) is 0 Å². The van der Waals surface area contributed by atoms with Gasteiger partial charge in [-0.1, -0.05) is 29.8 Å². The number of amides is 1. The minimum absolute atomic E-state index is 0.0460. The van der Waals surface area contributed by atoms with E-state index in [0.717, 1.165) is 5.56 Å². The Bertz CT molecular complexity index is 1090. The summed E-state index contributed by atoms with van der Waals surface area (Å²) in [6, 6.07) is 9.62. The van der Waals surface area contributed by atoms with Gasteiger partial charge in [0, 0.05) is 25.8 Å². The van der Waals surface area contributed by atoms with E-state index in [1.807, 2.05) is 38.1 Å². The lowest BCUT2D eigenvalue weighted by molar-refractivity contribution is -0.121. The van der Waals surface area contributed by atoms with Crippen LogP contribution in [0.3, 0.4) is 0 Å². The lowest BCUT2D eigenvalue weighted by Gasteiger charge is -2.13. The van der Waals surface area contributed by atoms with Gasteiger partial charge in [0.2, 0.25) is 5.91 Å². The Morgan fingerprint density at radius 2 is 1.67 bits per heavy atom. The first-order valence-corrected chi connectivity index (χ1v) is 9.11. The Kier molecular flexibility index (Phi) is 5.30. The van der Waals surface area contributed by atoms with Crippen LogP contribution >= 0.6 is 0 Å². The molecule has 0 aliphatic heterocycles. The van der Waals surface area contributed by atoms with Crippen molar-refractivity contribution in [1.82, 2.24) is 19.0 Å². The number of aryl methyl sites for hydroxylation is 2. The van der Waals surface area contributed by atoms with Gasteiger partial charge in [-0.3, -0.25) is 18.7 Å². The van der Waals surface area contributed by atoms with Gasteiger partial charge < -0.3 is 9.88 Å². The molecule has 0 atom stereocenters. The number of hydrogen-bond acceptors (Lipinski definition) is 3. The number of carbonyl (C=O) groups excluding carboxylic acids is 1. The fourth-order valence-corrected chi connectivity index (χ4v) is 3.21. The van der Waals surface area contributed by atoms with Crippen LogP contribution in [-0.4, -0.2) is 19.6 Å². The second-order valence-corrected chi connectivity index (χ2v) is 6.52. The standard InChI is InChI=1S/C20H24N4O3/c1-4-23-18-16(19(26)24(5-2)20(23)27)10-11-22(18)13-17(25)21-12-15-8-6-14(3)7-9-15/h6-11H,4-5,12-13H2,1-3H3,(H,21,25). The maximum atomic E-state index is 12.6. The zero-order valence-electron chi connectivity index (χ0n) is 15.9. The third-order valence-corrected chi connectivity index (χ3v) is 4.68. The molecule has 7 nitrogen and oxygen atoms in total. The number of carbonyl (C=O) groups is 1. The van der Waals surface area contributed by atoms with Crippen molar-refractivity contribution in [2.75, 3.05) is 0 Å². The van der Waals surface area contributed by atoms with Gasteiger partial charge in [-0.05, 0) is 32.4 Å². The Balaban J connectivity index is 1.87. The van der Waals surface area contributed by atoms with E-state index in [1.165, 1.54) is 14.7 Å². The van der Waals surface area contributed by atoms with Gasteiger partial charge in [-0.15, -0.1) is 0 Å². The molecule has 2 heterocycles. The molecule has 1 amide bonds. The summed E-state index contributed by atoms with van der Waals surface area (Å²) in [6.07, 6.45) is 1.68. The highest BCUT2D eigenvalue weighted by atomic mass is 16.2. The third-order valence-electron chi connectivity index (χ3n) is 4.68. The lowest BCUT2D eigenvalue weighted by atomic mass is 10.1. The van der Waals surface area contributed by atoms with Crippen LogP contribution in [0.1, 0.15) is 25.0 Å². The summed E-state index contributed by atoms with van der Waals surface area (Å²) in [5.41, 5.74) is 2.00. The summed E-state index contributed by atoms with van der Waals surface area (Å²) in [5, 5.41) is 3.33. The largest absolute Gasteiger partial charge is 0.350 e. The molecule has 142 valence electrons. The van der Waals surface area contributed by atoms with Gasteiger partial charge >= 0.3 is 5.69 Å². The highest BCUT2D eigenvalue weighted by molar-refractivity contribution is 5.80. The molecule has 0 bridgehead atoms. The van der Waals surface area contributed by atoms with E-state index in [-0.39, 0.29) is 23.7 Å². The molecule has 1 N–H and O–H groups in total. The highest BCUT2D eigenvalue weighted by Crippen LogP contribution is 2.11. The summed E-state index contributed by atoms with van der Waals surface area (Å²) in [7, 11) is 0. The summed E-state index contributed by atoms with van der Waals surface area (Å²) >= 11 is 0. The molecule has 0 radical (unpaired) electrons. The molecule has 0 saturated carbocycles. The van der Waals surface area contributed by atoms with Crippen LogP contribution in [-0.2, 0) is 31.0 Å². The predicted octanol–water partition coefficient (Wildman–Crippen LogP) is 1.63. The maximum Gasteiger partial charge on any atom is 0.332 e. The van der Waals surface area contributed by atoms with Crippen LogP contribution in [0.5, 0.6) is 0 Å². The molecular formula is C20H24N4O3. The van der Waals surface area contributed by atoms with Crippen LogP contribution in [0.25, 0.3) is 11.0 Å². The Hall–Kier alpha value is -3.09. The molecule has 1 aromatic carbocycles. The molecule has 27 heavy (non-hydrogen) atoms. The number of aromatic nitrogens is 3. The minimum Gasteiger partial charge on any atom is -0.350 e. The van der Waals surface area contributed by atoms with Crippen molar-refractivity contribution in [1.29, 1.82) is 0 Å². The van der Waals surface area contributed by atoms with Gasteiger partial charge in [-0.25, -0.2) is 4.79 Å². The maximum absolute atomic E-state index is 12.6. The van der Waals surface area contributed by atoms with Crippen molar-refractivity contribution in [2.45, 2.75) is 47.0 Å². The van der Waals surface area contributed by atoms with E-state index in [9.17, 15) is 14.4 Å². The first-order chi connectivity index (χ1) is 13.0. The van der Waals surface area contributed by atoms with Crippen molar-refractivity contribution in [2.24, 2.45) is 0 Å². The molecular weight excluding hydrogens is 344 g/mol. The molecule has 0 aliphatic rings. The topological polar surface area (TPSA) is 78.0 Å². The van der Waals surface area contributed by atoms with Crippen molar-refractivity contribution >= 4 is 16.9 Å². The fraction of sp³-hybridized carbons (Fsp3) is 0.350. The molecule has 0 saturated heterocycles. The normalized spacial score (nSPS) is 11.1. The number of fused-ring (bicyclic) bond motifs is 1. The van der Waals surface area contributed by atoms with Gasteiger partial charge in [0.15, 0.2) is 0 Å². The molecule has 0 aliphatic carbocycles. The summed E-state index contributed by atoms with van der Waals surface area (Å²) in [6.45, 7) is 6.84. The summed E-state index contributed by atoms with van der Waals surface area (Å²) in [4.78, 5) is 37.5. The number of hydrogen-bond donors (Lipinski definition) is 1. The van der Waals surface area contributed by atoms with E-state index < -0.39 is 0 Å². The fourth-order valence-electron chi connectivity index (χ4n) is 3.21. The predicted molar refractivity (Wildman–Crippen MR) is 105 cm³/mol. The quantitative estimate of drug-likeness (QED) is 0.718.